The molecule has 2 heterocycles. The molecule has 1 unspecified atom stereocenters. The van der Waals surface area contributed by atoms with Crippen LogP contribution in [0.1, 0.15) is 50.8 Å². The third-order valence-corrected chi connectivity index (χ3v) is 6.23. The summed E-state index contributed by atoms with van der Waals surface area (Å²) in [4.78, 5) is 19.5. The zero-order valence-corrected chi connectivity index (χ0v) is 20.1. The molecule has 0 saturated carbocycles. The summed E-state index contributed by atoms with van der Waals surface area (Å²) in [6.45, 7) is 5.27. The number of hydrogen-bond donors (Lipinski definition) is 0. The smallest absolute Gasteiger partial charge is 0.223 e. The molecule has 2 aromatic carbocycles. The Hall–Kier alpha value is -2.24. The normalized spacial score (nSPS) is 15.9. The van der Waals surface area contributed by atoms with Crippen LogP contribution >= 0.6 is 24.0 Å². The zero-order valence-electron chi connectivity index (χ0n) is 18.5. The summed E-state index contributed by atoms with van der Waals surface area (Å²) in [6, 6.07) is 15.8. The Morgan fingerprint density at radius 3 is 2.66 bits per heavy atom. The van der Waals surface area contributed by atoms with Crippen LogP contribution in [-0.4, -0.2) is 40.1 Å². The number of fused-ring (bicyclic) bond motifs is 1. The van der Waals surface area contributed by atoms with Crippen molar-refractivity contribution < 1.29 is 9.53 Å². The fourth-order valence-corrected chi connectivity index (χ4v) is 4.46. The van der Waals surface area contributed by atoms with Crippen molar-refractivity contribution in [3.05, 3.63) is 59.4 Å². The van der Waals surface area contributed by atoms with Crippen LogP contribution in [-0.2, 0) is 11.3 Å². The van der Waals surface area contributed by atoms with E-state index in [1.165, 1.54) is 0 Å². The fourth-order valence-electron chi connectivity index (χ4n) is 4.27. The highest BCUT2D eigenvalue weighted by Crippen LogP contribution is 2.31. The molecule has 1 fully saturated rings. The molecule has 5 nitrogen and oxygen atoms in total. The number of rotatable bonds is 10. The van der Waals surface area contributed by atoms with Gasteiger partial charge >= 0.3 is 0 Å². The number of ether oxygens (including phenoxy) is 1. The number of carbonyl (C=O) groups is 1. The average molecular weight is 476 g/mol. The molecule has 0 radical (unpaired) electrons. The molecule has 1 atom stereocenters. The van der Waals surface area contributed by atoms with Crippen molar-refractivity contribution >= 4 is 40.9 Å². The Kier molecular flexibility index (Phi) is 8.83. The maximum atomic E-state index is 12.5. The SMILES string of the molecule is CCCCN1CC(c2nc3ccccc3n2CCCCOc2ccccc2Cl)CC1=O.Cl. The van der Waals surface area contributed by atoms with Crippen molar-refractivity contribution in [2.75, 3.05) is 19.7 Å². The number of hydrogen-bond acceptors (Lipinski definition) is 3. The number of unbranched alkanes of at least 4 members (excludes halogenated alkanes) is 2. The van der Waals surface area contributed by atoms with E-state index in [1.54, 1.807) is 0 Å². The number of aryl methyl sites for hydroxylation is 1. The predicted octanol–water partition coefficient (Wildman–Crippen LogP) is 6.09. The lowest BCUT2D eigenvalue weighted by atomic mass is 10.1. The van der Waals surface area contributed by atoms with Gasteiger partial charge < -0.3 is 14.2 Å². The summed E-state index contributed by atoms with van der Waals surface area (Å²) in [5.41, 5.74) is 2.15. The van der Waals surface area contributed by atoms with Crippen LogP contribution in [0.4, 0.5) is 0 Å². The van der Waals surface area contributed by atoms with E-state index in [0.717, 1.165) is 67.9 Å². The van der Waals surface area contributed by atoms with Crippen LogP contribution in [0.15, 0.2) is 48.5 Å². The number of aromatic nitrogens is 2. The van der Waals surface area contributed by atoms with E-state index in [0.29, 0.717) is 18.1 Å². The lowest BCUT2D eigenvalue weighted by molar-refractivity contribution is -0.127. The first-order chi connectivity index (χ1) is 15.2. The molecular weight excluding hydrogens is 445 g/mol. The second-order valence-electron chi connectivity index (χ2n) is 8.19. The van der Waals surface area contributed by atoms with E-state index in [9.17, 15) is 4.79 Å². The van der Waals surface area contributed by atoms with Crippen LogP contribution in [0.3, 0.4) is 0 Å². The van der Waals surface area contributed by atoms with Gasteiger partial charge in [0.05, 0.1) is 22.7 Å². The van der Waals surface area contributed by atoms with Crippen molar-refractivity contribution in [3.63, 3.8) is 0 Å². The average Bonchev–Trinajstić information content (AvgIpc) is 3.33. The largest absolute Gasteiger partial charge is 0.492 e. The number of likely N-dealkylation sites (tertiary alicyclic amines) is 1. The van der Waals surface area contributed by atoms with Crippen LogP contribution in [0.2, 0.25) is 5.02 Å². The number of para-hydroxylation sites is 3. The molecule has 4 rings (SSSR count). The highest BCUT2D eigenvalue weighted by molar-refractivity contribution is 6.32. The Morgan fingerprint density at radius 1 is 1.06 bits per heavy atom. The number of carbonyl (C=O) groups excluding carboxylic acids is 1. The van der Waals surface area contributed by atoms with Gasteiger partial charge in [0, 0.05) is 32.0 Å². The van der Waals surface area contributed by atoms with Crippen molar-refractivity contribution in [2.45, 2.75) is 51.5 Å². The van der Waals surface area contributed by atoms with Crippen LogP contribution in [0.5, 0.6) is 5.75 Å². The summed E-state index contributed by atoms with van der Waals surface area (Å²) in [5, 5.41) is 0.643. The standard InChI is InChI=1S/C25H30ClN3O2.ClH/c1-2-3-14-28-18-19(17-24(28)30)25-27-21-11-5-6-12-22(21)29(25)15-8-9-16-31-23-13-7-4-10-20(23)26;/h4-7,10-13,19H,2-3,8-9,14-18H2,1H3;1H. The summed E-state index contributed by atoms with van der Waals surface area (Å²) >= 11 is 6.16. The molecule has 1 aromatic heterocycles. The van der Waals surface area contributed by atoms with E-state index in [1.807, 2.05) is 35.2 Å². The third-order valence-electron chi connectivity index (χ3n) is 5.92. The Labute approximate surface area is 201 Å². The molecule has 172 valence electrons. The van der Waals surface area contributed by atoms with E-state index in [4.69, 9.17) is 21.3 Å². The lowest BCUT2D eigenvalue weighted by Crippen LogP contribution is -2.26. The topological polar surface area (TPSA) is 47.4 Å². The minimum Gasteiger partial charge on any atom is -0.492 e. The molecule has 1 amide bonds. The lowest BCUT2D eigenvalue weighted by Gasteiger charge is -2.17. The number of imidazole rings is 1. The molecule has 0 bridgehead atoms. The minimum absolute atomic E-state index is 0. The van der Waals surface area contributed by atoms with Crippen molar-refractivity contribution in [3.8, 4) is 5.75 Å². The second kappa shape index (κ2) is 11.6. The van der Waals surface area contributed by atoms with Gasteiger partial charge in [-0.2, -0.15) is 0 Å². The molecule has 0 aliphatic carbocycles. The van der Waals surface area contributed by atoms with Gasteiger partial charge in [0.2, 0.25) is 5.91 Å². The zero-order chi connectivity index (χ0) is 21.6. The molecule has 0 N–H and O–H groups in total. The van der Waals surface area contributed by atoms with Gasteiger partial charge in [0.15, 0.2) is 0 Å². The number of benzene rings is 2. The van der Waals surface area contributed by atoms with E-state index >= 15 is 0 Å². The maximum Gasteiger partial charge on any atom is 0.223 e. The van der Waals surface area contributed by atoms with Crippen molar-refractivity contribution in [1.29, 1.82) is 0 Å². The molecule has 1 aliphatic rings. The number of nitrogens with zero attached hydrogens (tertiary/aromatic N) is 3. The highest BCUT2D eigenvalue weighted by Gasteiger charge is 2.33. The molecule has 3 aromatic rings. The quantitative estimate of drug-likeness (QED) is 0.333. The van der Waals surface area contributed by atoms with Gasteiger partial charge in [-0.05, 0) is 43.5 Å². The summed E-state index contributed by atoms with van der Waals surface area (Å²) in [6.07, 6.45) is 4.60. The Balaban J connectivity index is 0.00000289. The van der Waals surface area contributed by atoms with Crippen LogP contribution < -0.4 is 4.74 Å². The molecular formula is C25H31Cl2N3O2. The molecule has 1 aliphatic heterocycles. The van der Waals surface area contributed by atoms with Gasteiger partial charge in [-0.3, -0.25) is 4.79 Å². The number of amides is 1. The monoisotopic (exact) mass is 475 g/mol. The van der Waals surface area contributed by atoms with Gasteiger partial charge in [0.1, 0.15) is 11.6 Å². The van der Waals surface area contributed by atoms with Crippen molar-refractivity contribution in [1.82, 2.24) is 14.5 Å². The number of halogens is 2. The van der Waals surface area contributed by atoms with Gasteiger partial charge in [-0.1, -0.05) is 49.2 Å². The first-order valence-electron chi connectivity index (χ1n) is 11.3. The minimum atomic E-state index is 0. The molecule has 32 heavy (non-hydrogen) atoms. The summed E-state index contributed by atoms with van der Waals surface area (Å²) in [7, 11) is 0. The Morgan fingerprint density at radius 2 is 1.84 bits per heavy atom. The van der Waals surface area contributed by atoms with Gasteiger partial charge in [-0.25, -0.2) is 4.98 Å². The molecule has 7 heteroatoms. The molecule has 0 spiro atoms. The third kappa shape index (κ3) is 5.57. The van der Waals surface area contributed by atoms with E-state index < -0.39 is 0 Å². The van der Waals surface area contributed by atoms with Gasteiger partial charge in [0.25, 0.3) is 0 Å². The Bertz CT molecular complexity index is 1040. The highest BCUT2D eigenvalue weighted by atomic mass is 35.5. The van der Waals surface area contributed by atoms with Crippen molar-refractivity contribution in [2.24, 2.45) is 0 Å². The predicted molar refractivity (Wildman–Crippen MR) is 132 cm³/mol. The van der Waals surface area contributed by atoms with Crippen LogP contribution in [0.25, 0.3) is 11.0 Å². The van der Waals surface area contributed by atoms with E-state index in [2.05, 4.69) is 29.7 Å². The molecule has 1 saturated heterocycles. The first kappa shape index (κ1) is 24.4. The van der Waals surface area contributed by atoms with E-state index in [-0.39, 0.29) is 24.2 Å². The fraction of sp³-hybridized carbons (Fsp3) is 0.440. The summed E-state index contributed by atoms with van der Waals surface area (Å²) in [5.74, 6) is 2.19. The van der Waals surface area contributed by atoms with Gasteiger partial charge in [-0.15, -0.1) is 12.4 Å². The first-order valence-corrected chi connectivity index (χ1v) is 11.7. The maximum absolute atomic E-state index is 12.5. The second-order valence-corrected chi connectivity index (χ2v) is 8.60. The van der Waals surface area contributed by atoms with Crippen LogP contribution in [0, 0.1) is 0 Å². The summed E-state index contributed by atoms with van der Waals surface area (Å²) < 4.78 is 8.14.